The van der Waals surface area contributed by atoms with Gasteiger partial charge in [-0.05, 0) is 25.7 Å². The van der Waals surface area contributed by atoms with E-state index in [4.69, 9.17) is 10.8 Å². The average Bonchev–Trinajstić information content (AvgIpc) is 2.48. The molecule has 4 nitrogen and oxygen atoms in total. The van der Waals surface area contributed by atoms with Crippen molar-refractivity contribution >= 4 is 5.91 Å². The summed E-state index contributed by atoms with van der Waals surface area (Å²) in [7, 11) is 0. The van der Waals surface area contributed by atoms with Crippen LogP contribution in [0.2, 0.25) is 0 Å². The molecule has 0 fully saturated rings. The van der Waals surface area contributed by atoms with Crippen LogP contribution in [0.3, 0.4) is 0 Å². The molecule has 0 bridgehead atoms. The predicted octanol–water partition coefficient (Wildman–Crippen LogP) is 2.69. The molecule has 0 aromatic heterocycles. The summed E-state index contributed by atoms with van der Waals surface area (Å²) < 4.78 is 0. The van der Waals surface area contributed by atoms with Crippen molar-refractivity contribution in [2.45, 2.75) is 77.7 Å². The molecule has 0 spiro atoms. The van der Waals surface area contributed by atoms with Gasteiger partial charge in [0, 0.05) is 19.7 Å². The third-order valence-electron chi connectivity index (χ3n) is 4.09. The van der Waals surface area contributed by atoms with Gasteiger partial charge in [-0.15, -0.1) is 0 Å². The number of carbonyl (C=O) groups excluding carboxylic acids is 1. The summed E-state index contributed by atoms with van der Waals surface area (Å²) in [6.07, 6.45) is 7.85. The fourth-order valence-electron chi connectivity index (χ4n) is 2.35. The van der Waals surface area contributed by atoms with Crippen LogP contribution in [0.25, 0.3) is 0 Å². The summed E-state index contributed by atoms with van der Waals surface area (Å²) in [5, 5.41) is 8.99. The van der Waals surface area contributed by atoms with E-state index >= 15 is 0 Å². The van der Waals surface area contributed by atoms with Crippen LogP contribution >= 0.6 is 0 Å². The first kappa shape index (κ1) is 19.4. The second-order valence-corrected chi connectivity index (χ2v) is 5.65. The highest BCUT2D eigenvalue weighted by atomic mass is 16.3. The van der Waals surface area contributed by atoms with Crippen molar-refractivity contribution in [1.82, 2.24) is 4.90 Å². The number of nitrogens with zero attached hydrogens (tertiary/aromatic N) is 1. The zero-order chi connectivity index (χ0) is 15.4. The van der Waals surface area contributed by atoms with Gasteiger partial charge in [0.2, 0.25) is 5.91 Å². The highest BCUT2D eigenvalue weighted by Gasteiger charge is 2.33. The zero-order valence-electron chi connectivity index (χ0n) is 13.7. The van der Waals surface area contributed by atoms with Gasteiger partial charge in [0.05, 0.1) is 5.54 Å². The molecule has 0 saturated carbocycles. The number of amides is 1. The van der Waals surface area contributed by atoms with E-state index in [0.717, 1.165) is 19.4 Å². The largest absolute Gasteiger partial charge is 0.396 e. The fourth-order valence-corrected chi connectivity index (χ4v) is 2.35. The average molecular weight is 286 g/mol. The molecule has 1 amide bonds. The van der Waals surface area contributed by atoms with Gasteiger partial charge < -0.3 is 15.7 Å². The summed E-state index contributed by atoms with van der Waals surface area (Å²) in [5.41, 5.74) is 5.47. The smallest absolute Gasteiger partial charge is 0.242 e. The van der Waals surface area contributed by atoms with Crippen molar-refractivity contribution in [2.75, 3.05) is 19.7 Å². The Hall–Kier alpha value is -0.610. The van der Waals surface area contributed by atoms with E-state index in [2.05, 4.69) is 6.92 Å². The molecule has 0 aromatic carbocycles. The standard InChI is InChI=1S/C16H34N2O2/c1-4-7-8-9-10-12-18(13-11-14-19)15(20)16(17,5-2)6-3/h19H,4-14,17H2,1-3H3. The van der Waals surface area contributed by atoms with E-state index in [0.29, 0.717) is 25.8 Å². The molecular weight excluding hydrogens is 252 g/mol. The van der Waals surface area contributed by atoms with Crippen LogP contribution in [0.15, 0.2) is 0 Å². The molecule has 0 saturated heterocycles. The quantitative estimate of drug-likeness (QED) is 0.542. The molecular formula is C16H34N2O2. The number of hydrogen-bond acceptors (Lipinski definition) is 3. The fraction of sp³-hybridized carbons (Fsp3) is 0.938. The summed E-state index contributed by atoms with van der Waals surface area (Å²) in [5.74, 6) is 0.0476. The minimum atomic E-state index is -0.737. The Kier molecular flexibility index (Phi) is 10.8. The molecule has 0 aromatic rings. The van der Waals surface area contributed by atoms with Crippen molar-refractivity contribution in [1.29, 1.82) is 0 Å². The molecule has 20 heavy (non-hydrogen) atoms. The van der Waals surface area contributed by atoms with Gasteiger partial charge in [-0.3, -0.25) is 4.79 Å². The topological polar surface area (TPSA) is 66.6 Å². The van der Waals surface area contributed by atoms with Crippen LogP contribution in [0.4, 0.5) is 0 Å². The molecule has 0 aliphatic rings. The SMILES string of the molecule is CCCCCCCN(CCCO)C(=O)C(N)(CC)CC. The first-order valence-corrected chi connectivity index (χ1v) is 8.24. The van der Waals surface area contributed by atoms with Crippen molar-refractivity contribution in [3.05, 3.63) is 0 Å². The molecule has 3 N–H and O–H groups in total. The lowest BCUT2D eigenvalue weighted by Gasteiger charge is -2.33. The number of hydrogen-bond donors (Lipinski definition) is 2. The Labute approximate surface area is 124 Å². The lowest BCUT2D eigenvalue weighted by molar-refractivity contribution is -0.137. The van der Waals surface area contributed by atoms with Gasteiger partial charge in [0.25, 0.3) is 0 Å². The van der Waals surface area contributed by atoms with Crippen molar-refractivity contribution in [3.63, 3.8) is 0 Å². The first-order valence-electron chi connectivity index (χ1n) is 8.24. The summed E-state index contributed by atoms with van der Waals surface area (Å²) in [4.78, 5) is 14.4. The van der Waals surface area contributed by atoms with Crippen LogP contribution in [0.1, 0.15) is 72.1 Å². The molecule has 0 heterocycles. The van der Waals surface area contributed by atoms with Gasteiger partial charge >= 0.3 is 0 Å². The Morgan fingerprint density at radius 1 is 1.00 bits per heavy atom. The van der Waals surface area contributed by atoms with Gasteiger partial charge in [0.1, 0.15) is 0 Å². The van der Waals surface area contributed by atoms with E-state index in [1.54, 1.807) is 0 Å². The molecule has 0 rings (SSSR count). The minimum Gasteiger partial charge on any atom is -0.396 e. The Balaban J connectivity index is 4.42. The Morgan fingerprint density at radius 2 is 1.55 bits per heavy atom. The van der Waals surface area contributed by atoms with Gasteiger partial charge in [-0.2, -0.15) is 0 Å². The maximum atomic E-state index is 12.6. The van der Waals surface area contributed by atoms with E-state index < -0.39 is 5.54 Å². The van der Waals surface area contributed by atoms with E-state index in [1.165, 1.54) is 19.3 Å². The van der Waals surface area contributed by atoms with Crippen LogP contribution in [0, 0.1) is 0 Å². The van der Waals surface area contributed by atoms with E-state index in [-0.39, 0.29) is 12.5 Å². The number of carbonyl (C=O) groups is 1. The molecule has 0 unspecified atom stereocenters. The number of unbranched alkanes of at least 4 members (excludes halogenated alkanes) is 4. The zero-order valence-corrected chi connectivity index (χ0v) is 13.7. The number of aliphatic hydroxyl groups is 1. The highest BCUT2D eigenvalue weighted by Crippen LogP contribution is 2.16. The Morgan fingerprint density at radius 3 is 2.05 bits per heavy atom. The van der Waals surface area contributed by atoms with Gasteiger partial charge in [-0.1, -0.05) is 46.5 Å². The minimum absolute atomic E-state index is 0.0476. The monoisotopic (exact) mass is 286 g/mol. The van der Waals surface area contributed by atoms with Crippen molar-refractivity contribution < 1.29 is 9.90 Å². The molecule has 4 heteroatoms. The molecule has 0 radical (unpaired) electrons. The second-order valence-electron chi connectivity index (χ2n) is 5.65. The number of rotatable bonds is 12. The lowest BCUT2D eigenvalue weighted by Crippen LogP contribution is -2.55. The van der Waals surface area contributed by atoms with Crippen molar-refractivity contribution in [2.24, 2.45) is 5.73 Å². The molecule has 0 atom stereocenters. The third-order valence-corrected chi connectivity index (χ3v) is 4.09. The summed E-state index contributed by atoms with van der Waals surface area (Å²) in [6, 6.07) is 0. The summed E-state index contributed by atoms with van der Waals surface area (Å²) in [6.45, 7) is 7.63. The molecule has 120 valence electrons. The third kappa shape index (κ3) is 6.71. The Bertz CT molecular complexity index is 253. The van der Waals surface area contributed by atoms with Crippen LogP contribution in [-0.4, -0.2) is 41.1 Å². The van der Waals surface area contributed by atoms with Gasteiger partial charge in [-0.25, -0.2) is 0 Å². The lowest BCUT2D eigenvalue weighted by atomic mass is 9.92. The normalized spacial score (nSPS) is 11.7. The van der Waals surface area contributed by atoms with E-state index in [9.17, 15) is 4.79 Å². The van der Waals surface area contributed by atoms with Crippen LogP contribution in [-0.2, 0) is 4.79 Å². The summed E-state index contributed by atoms with van der Waals surface area (Å²) >= 11 is 0. The highest BCUT2D eigenvalue weighted by molar-refractivity contribution is 5.86. The van der Waals surface area contributed by atoms with Crippen LogP contribution < -0.4 is 5.73 Å². The predicted molar refractivity (Wildman–Crippen MR) is 84.5 cm³/mol. The number of aliphatic hydroxyl groups excluding tert-OH is 1. The first-order chi connectivity index (χ1) is 9.55. The van der Waals surface area contributed by atoms with E-state index in [1.807, 2.05) is 18.7 Å². The van der Waals surface area contributed by atoms with Gasteiger partial charge in [0.15, 0.2) is 0 Å². The molecule has 0 aliphatic heterocycles. The molecule has 0 aliphatic carbocycles. The second kappa shape index (κ2) is 11.1. The number of nitrogens with two attached hydrogens (primary N) is 1. The maximum Gasteiger partial charge on any atom is 0.242 e. The maximum absolute atomic E-state index is 12.6. The van der Waals surface area contributed by atoms with Crippen LogP contribution in [0.5, 0.6) is 0 Å². The van der Waals surface area contributed by atoms with Crippen molar-refractivity contribution in [3.8, 4) is 0 Å².